The molecule has 3 heterocycles. The number of nitrogens with one attached hydrogen (secondary N) is 1. The predicted molar refractivity (Wildman–Crippen MR) is 172 cm³/mol. The topological polar surface area (TPSA) is 114 Å². The molecule has 42 heavy (non-hydrogen) atoms. The molecule has 2 fully saturated rings. The molecular weight excluding hydrogens is 571 g/mol. The number of amidine groups is 1. The van der Waals surface area contributed by atoms with Crippen molar-refractivity contribution < 1.29 is 19.4 Å². The molecule has 0 amide bonds. The van der Waals surface area contributed by atoms with Gasteiger partial charge in [-0.15, -0.1) is 11.3 Å². The first-order valence-electron chi connectivity index (χ1n) is 14.8. The Morgan fingerprint density at radius 2 is 1.71 bits per heavy atom. The summed E-state index contributed by atoms with van der Waals surface area (Å²) in [5.74, 6) is 4.14. The molecule has 4 N–H and O–H groups in total. The van der Waals surface area contributed by atoms with Crippen LogP contribution in [0.4, 0.5) is 5.13 Å². The molecule has 1 unspecified atom stereocenters. The van der Waals surface area contributed by atoms with Gasteiger partial charge in [-0.1, -0.05) is 5.16 Å². The van der Waals surface area contributed by atoms with Crippen LogP contribution in [0.3, 0.4) is 0 Å². The second kappa shape index (κ2) is 16.0. The summed E-state index contributed by atoms with van der Waals surface area (Å²) in [6, 6.07) is 16.2. The van der Waals surface area contributed by atoms with Gasteiger partial charge >= 0.3 is 0 Å². The van der Waals surface area contributed by atoms with E-state index in [0.717, 1.165) is 92.8 Å². The molecule has 2 aliphatic heterocycles. The van der Waals surface area contributed by atoms with Gasteiger partial charge in [0.15, 0.2) is 11.0 Å². The van der Waals surface area contributed by atoms with Crippen LogP contribution in [0.2, 0.25) is 0 Å². The summed E-state index contributed by atoms with van der Waals surface area (Å²) >= 11 is 3.89. The van der Waals surface area contributed by atoms with E-state index < -0.39 is 0 Å². The number of oxime groups is 1. The molecule has 11 heteroatoms. The highest BCUT2D eigenvalue weighted by Gasteiger charge is 2.21. The van der Waals surface area contributed by atoms with Gasteiger partial charge in [0, 0.05) is 53.2 Å². The minimum absolute atomic E-state index is 0.0870. The van der Waals surface area contributed by atoms with Crippen molar-refractivity contribution in [2.24, 2.45) is 10.9 Å². The number of ether oxygens (including phenoxy) is 3. The van der Waals surface area contributed by atoms with E-state index in [-0.39, 0.29) is 5.84 Å². The van der Waals surface area contributed by atoms with Crippen LogP contribution in [0.5, 0.6) is 11.5 Å². The summed E-state index contributed by atoms with van der Waals surface area (Å²) in [5.41, 5.74) is 8.51. The zero-order valence-corrected chi connectivity index (χ0v) is 25.6. The van der Waals surface area contributed by atoms with E-state index in [1.165, 1.54) is 16.4 Å². The Morgan fingerprint density at radius 1 is 1.02 bits per heavy atom. The molecule has 226 valence electrons. The molecule has 1 aromatic heterocycles. The Balaban J connectivity index is 1.08. The predicted octanol–water partition coefficient (Wildman–Crippen LogP) is 5.01. The molecule has 9 nitrogen and oxygen atoms in total. The number of thioether (sulfide) groups is 1. The van der Waals surface area contributed by atoms with Crippen LogP contribution in [0.1, 0.15) is 36.1 Å². The first-order valence-corrected chi connectivity index (χ1v) is 16.7. The monoisotopic (exact) mass is 611 g/mol. The zero-order chi connectivity index (χ0) is 29.0. The van der Waals surface area contributed by atoms with E-state index in [9.17, 15) is 0 Å². The number of rotatable bonds is 14. The number of hydrogen-bond donors (Lipinski definition) is 3. The largest absolute Gasteiger partial charge is 0.494 e. The third kappa shape index (κ3) is 8.76. The normalized spacial score (nSPS) is 17.8. The van der Waals surface area contributed by atoms with Crippen molar-refractivity contribution in [2.45, 2.75) is 38.1 Å². The molecule has 2 aliphatic rings. The lowest BCUT2D eigenvalue weighted by molar-refractivity contribution is 0.122. The summed E-state index contributed by atoms with van der Waals surface area (Å²) in [7, 11) is 0. The molecule has 3 aromatic rings. The van der Waals surface area contributed by atoms with Gasteiger partial charge in [0.05, 0.1) is 32.1 Å². The third-order valence-electron chi connectivity index (χ3n) is 7.40. The smallest absolute Gasteiger partial charge is 0.186 e. The molecule has 0 saturated carbocycles. The Bertz CT molecular complexity index is 1260. The van der Waals surface area contributed by atoms with Gasteiger partial charge in [-0.05, 0) is 80.6 Å². The van der Waals surface area contributed by atoms with Crippen molar-refractivity contribution in [1.82, 2.24) is 10.3 Å². The van der Waals surface area contributed by atoms with Crippen LogP contribution in [0.15, 0.2) is 53.7 Å². The number of thiazole rings is 1. The number of morpholine rings is 1. The number of hydrogen-bond acceptors (Lipinski definition) is 10. The summed E-state index contributed by atoms with van der Waals surface area (Å²) < 4.78 is 17.4. The third-order valence-corrected chi connectivity index (χ3v) is 9.70. The maximum absolute atomic E-state index is 8.75. The Morgan fingerprint density at radius 3 is 2.36 bits per heavy atom. The van der Waals surface area contributed by atoms with Crippen LogP contribution in [-0.2, 0) is 11.2 Å². The average molecular weight is 612 g/mol. The summed E-state index contributed by atoms with van der Waals surface area (Å²) in [5, 5.41) is 16.5. The zero-order valence-electron chi connectivity index (χ0n) is 24.0. The van der Waals surface area contributed by atoms with Gasteiger partial charge in [-0.2, -0.15) is 11.8 Å². The van der Waals surface area contributed by atoms with Crippen LogP contribution in [0.25, 0.3) is 11.3 Å². The molecule has 0 aliphatic carbocycles. The highest BCUT2D eigenvalue weighted by atomic mass is 32.2. The van der Waals surface area contributed by atoms with E-state index in [1.807, 2.05) is 23.5 Å². The molecule has 1 atom stereocenters. The number of unbranched alkanes of at least 4 members (excludes halogenated alkanes) is 2. The summed E-state index contributed by atoms with van der Waals surface area (Å²) in [4.78, 5) is 8.85. The van der Waals surface area contributed by atoms with Gasteiger partial charge in [0.25, 0.3) is 0 Å². The summed E-state index contributed by atoms with van der Waals surface area (Å²) in [6.07, 6.45) is 5.09. The lowest BCUT2D eigenvalue weighted by Crippen LogP contribution is -2.37. The molecule has 5 rings (SSSR count). The van der Waals surface area contributed by atoms with Crippen molar-refractivity contribution in [3.63, 3.8) is 0 Å². The van der Waals surface area contributed by atoms with Crippen molar-refractivity contribution in [3.05, 3.63) is 59.0 Å². The van der Waals surface area contributed by atoms with Gasteiger partial charge in [-0.3, -0.25) is 0 Å². The second-order valence-corrected chi connectivity index (χ2v) is 12.6. The van der Waals surface area contributed by atoms with Crippen molar-refractivity contribution in [2.75, 3.05) is 62.5 Å². The van der Waals surface area contributed by atoms with Gasteiger partial charge < -0.3 is 35.4 Å². The van der Waals surface area contributed by atoms with Crippen LogP contribution in [-0.4, -0.2) is 79.6 Å². The first kappa shape index (κ1) is 30.5. The number of benzene rings is 2. The van der Waals surface area contributed by atoms with Gasteiger partial charge in [-0.25, -0.2) is 4.98 Å². The number of aromatic nitrogens is 1. The average Bonchev–Trinajstić information content (AvgIpc) is 3.49. The molecule has 0 radical (unpaired) electrons. The van der Waals surface area contributed by atoms with Crippen molar-refractivity contribution in [1.29, 1.82) is 0 Å². The second-order valence-electron chi connectivity index (χ2n) is 10.4. The van der Waals surface area contributed by atoms with E-state index in [4.69, 9.17) is 30.1 Å². The fraction of sp³-hybridized carbons (Fsp3) is 0.484. The maximum Gasteiger partial charge on any atom is 0.186 e. The van der Waals surface area contributed by atoms with E-state index in [1.54, 1.807) is 12.1 Å². The highest BCUT2D eigenvalue weighted by molar-refractivity contribution is 7.99. The molecule has 2 saturated heterocycles. The Labute approximate surface area is 256 Å². The number of nitrogens with two attached hydrogens (primary N) is 1. The summed E-state index contributed by atoms with van der Waals surface area (Å²) in [6.45, 7) is 5.73. The lowest BCUT2D eigenvalue weighted by Gasteiger charge is -2.26. The fourth-order valence-electron chi connectivity index (χ4n) is 4.98. The van der Waals surface area contributed by atoms with Gasteiger partial charge in [0.2, 0.25) is 0 Å². The number of aryl methyl sites for hydroxylation is 1. The van der Waals surface area contributed by atoms with E-state index in [0.29, 0.717) is 24.8 Å². The fourth-order valence-corrected chi connectivity index (χ4v) is 7.13. The number of nitrogens with zero attached hydrogens (tertiary/aromatic N) is 3. The first-order chi connectivity index (χ1) is 20.7. The van der Waals surface area contributed by atoms with E-state index in [2.05, 4.69) is 51.4 Å². The maximum atomic E-state index is 8.75. The van der Waals surface area contributed by atoms with Crippen LogP contribution < -0.4 is 25.4 Å². The van der Waals surface area contributed by atoms with Gasteiger partial charge in [0.1, 0.15) is 11.5 Å². The number of anilines is 1. The van der Waals surface area contributed by atoms with Crippen LogP contribution >= 0.6 is 23.1 Å². The molecule has 0 bridgehead atoms. The molecule has 2 aromatic carbocycles. The Kier molecular flexibility index (Phi) is 11.6. The van der Waals surface area contributed by atoms with Crippen molar-refractivity contribution in [3.8, 4) is 22.8 Å². The van der Waals surface area contributed by atoms with E-state index >= 15 is 0 Å². The lowest BCUT2D eigenvalue weighted by atomic mass is 10.1. The minimum atomic E-state index is 0.0870. The minimum Gasteiger partial charge on any atom is -0.494 e. The molecular formula is C31H41N5O4S2. The SMILES string of the molecule is NC(=NO)c1ccc(OCCCCCOc2ccc(-c3nc(N4CCOCC4)sc3CCC3CSCCN3)cc2)cc1. The molecule has 0 spiro atoms. The standard InChI is InChI=1S/C31H41N5O4S2/c32-30(35-37)24-6-11-27(12-7-24)40-18-3-1-2-17-39-26-9-4-23(5-10-26)29-28(13-8-25-22-41-21-14-33-25)42-31(34-29)36-15-19-38-20-16-36/h4-7,9-12,25,33,37H,1-3,8,13-22H2,(H2,32,35). The Hall–Kier alpha value is -2.99. The quantitative estimate of drug-likeness (QED) is 0.0761. The highest BCUT2D eigenvalue weighted by Crippen LogP contribution is 2.35. The van der Waals surface area contributed by atoms with Crippen molar-refractivity contribution >= 4 is 34.1 Å². The van der Waals surface area contributed by atoms with Crippen LogP contribution in [0, 0.1) is 0 Å².